The topological polar surface area (TPSA) is 40.1 Å². The molecule has 3 fully saturated rings. The van der Waals surface area contributed by atoms with Crippen LogP contribution in [0, 0.1) is 5.41 Å². The predicted octanol–water partition coefficient (Wildman–Crippen LogP) is 1.16. The molecule has 1 unspecified atom stereocenters. The first-order valence-electron chi connectivity index (χ1n) is 8.57. The van der Waals surface area contributed by atoms with Gasteiger partial charge in [0, 0.05) is 45.2 Å². The van der Waals surface area contributed by atoms with Crippen LogP contribution in [-0.2, 0) is 4.74 Å². The molecular formula is C16H30N4O. The fourth-order valence-corrected chi connectivity index (χ4v) is 3.93. The van der Waals surface area contributed by atoms with Gasteiger partial charge in [-0.25, -0.2) is 0 Å². The fraction of sp³-hybridized carbons (Fsp3) is 0.938. The third kappa shape index (κ3) is 3.69. The van der Waals surface area contributed by atoms with Crippen LogP contribution in [0.3, 0.4) is 0 Å². The lowest BCUT2D eigenvalue weighted by Crippen LogP contribution is -2.44. The molecule has 0 radical (unpaired) electrons. The summed E-state index contributed by atoms with van der Waals surface area (Å²) in [5.74, 6) is 1.08. The standard InChI is InChI=1S/C16H30N4O/c1-17-15(18-7-11-19-8-3-2-4-9-19)20-10-5-16(13-20)6-12-21-14-16/h2-14H2,1H3,(H,17,18). The summed E-state index contributed by atoms with van der Waals surface area (Å²) >= 11 is 0. The SMILES string of the molecule is CN=C(NCCN1CCCCC1)N1CCC2(CCOC2)C1. The maximum Gasteiger partial charge on any atom is 0.193 e. The van der Waals surface area contributed by atoms with Gasteiger partial charge >= 0.3 is 0 Å². The van der Waals surface area contributed by atoms with E-state index in [-0.39, 0.29) is 0 Å². The smallest absolute Gasteiger partial charge is 0.193 e. The van der Waals surface area contributed by atoms with Gasteiger partial charge in [-0.2, -0.15) is 0 Å². The molecule has 0 aromatic heterocycles. The zero-order valence-electron chi connectivity index (χ0n) is 13.4. The van der Waals surface area contributed by atoms with Crippen LogP contribution in [0.2, 0.25) is 0 Å². The number of hydrogen-bond donors (Lipinski definition) is 1. The van der Waals surface area contributed by atoms with Crippen molar-refractivity contribution in [2.45, 2.75) is 32.1 Å². The summed E-state index contributed by atoms with van der Waals surface area (Å²) in [6.45, 7) is 8.79. The van der Waals surface area contributed by atoms with Gasteiger partial charge in [-0.3, -0.25) is 4.99 Å². The molecule has 0 amide bonds. The van der Waals surface area contributed by atoms with E-state index >= 15 is 0 Å². The molecule has 3 aliphatic heterocycles. The summed E-state index contributed by atoms with van der Waals surface area (Å²) < 4.78 is 5.61. The summed E-state index contributed by atoms with van der Waals surface area (Å²) in [4.78, 5) is 9.47. The number of aliphatic imine (C=N–C) groups is 1. The Morgan fingerprint density at radius 3 is 2.76 bits per heavy atom. The highest BCUT2D eigenvalue weighted by atomic mass is 16.5. The molecule has 1 N–H and O–H groups in total. The van der Waals surface area contributed by atoms with Gasteiger partial charge < -0.3 is 19.9 Å². The number of ether oxygens (including phenoxy) is 1. The minimum absolute atomic E-state index is 0.407. The molecular weight excluding hydrogens is 264 g/mol. The van der Waals surface area contributed by atoms with Gasteiger partial charge in [0.2, 0.25) is 0 Å². The predicted molar refractivity (Wildman–Crippen MR) is 85.7 cm³/mol. The van der Waals surface area contributed by atoms with Crippen molar-refractivity contribution in [3.05, 3.63) is 0 Å². The number of guanidine groups is 1. The van der Waals surface area contributed by atoms with E-state index in [1.807, 2.05) is 7.05 Å². The van der Waals surface area contributed by atoms with E-state index in [9.17, 15) is 0 Å². The Morgan fingerprint density at radius 1 is 1.19 bits per heavy atom. The number of piperidine rings is 1. The number of nitrogens with zero attached hydrogens (tertiary/aromatic N) is 3. The van der Waals surface area contributed by atoms with Crippen molar-refractivity contribution in [1.29, 1.82) is 0 Å². The van der Waals surface area contributed by atoms with Crippen molar-refractivity contribution in [1.82, 2.24) is 15.1 Å². The summed E-state index contributed by atoms with van der Waals surface area (Å²) in [5.41, 5.74) is 0.407. The second-order valence-electron chi connectivity index (χ2n) is 6.85. The lowest BCUT2D eigenvalue weighted by atomic mass is 9.87. The molecule has 0 saturated carbocycles. The summed E-state index contributed by atoms with van der Waals surface area (Å²) in [5, 5.41) is 3.56. The quantitative estimate of drug-likeness (QED) is 0.626. The fourth-order valence-electron chi connectivity index (χ4n) is 3.93. The highest BCUT2D eigenvalue weighted by molar-refractivity contribution is 5.80. The summed E-state index contributed by atoms with van der Waals surface area (Å²) in [6, 6.07) is 0. The highest BCUT2D eigenvalue weighted by Gasteiger charge is 2.42. The zero-order chi connectivity index (χ0) is 14.5. The normalized spacial score (nSPS) is 31.3. The van der Waals surface area contributed by atoms with Crippen molar-refractivity contribution in [3.8, 4) is 0 Å². The van der Waals surface area contributed by atoms with E-state index in [2.05, 4.69) is 20.1 Å². The first kappa shape index (κ1) is 15.1. The molecule has 21 heavy (non-hydrogen) atoms. The Kier molecular flexibility index (Phi) is 5.01. The molecule has 5 nitrogen and oxygen atoms in total. The van der Waals surface area contributed by atoms with Gasteiger partial charge in [0.1, 0.15) is 0 Å². The molecule has 120 valence electrons. The van der Waals surface area contributed by atoms with Gasteiger partial charge in [0.05, 0.1) is 6.61 Å². The monoisotopic (exact) mass is 294 g/mol. The van der Waals surface area contributed by atoms with Crippen LogP contribution < -0.4 is 5.32 Å². The minimum Gasteiger partial charge on any atom is -0.381 e. The number of hydrogen-bond acceptors (Lipinski definition) is 3. The number of nitrogens with one attached hydrogen (secondary N) is 1. The van der Waals surface area contributed by atoms with Gasteiger partial charge in [-0.05, 0) is 38.8 Å². The van der Waals surface area contributed by atoms with E-state index in [1.165, 1.54) is 45.2 Å². The van der Waals surface area contributed by atoms with Crippen LogP contribution in [0.15, 0.2) is 4.99 Å². The van der Waals surface area contributed by atoms with Crippen LogP contribution >= 0.6 is 0 Å². The minimum atomic E-state index is 0.407. The number of rotatable bonds is 3. The molecule has 0 aromatic carbocycles. The van der Waals surface area contributed by atoms with E-state index in [4.69, 9.17) is 4.74 Å². The second-order valence-corrected chi connectivity index (χ2v) is 6.85. The van der Waals surface area contributed by atoms with Crippen LogP contribution in [0.1, 0.15) is 32.1 Å². The summed E-state index contributed by atoms with van der Waals surface area (Å²) in [6.07, 6.45) is 6.60. The number of likely N-dealkylation sites (tertiary alicyclic amines) is 2. The lowest BCUT2D eigenvalue weighted by molar-refractivity contribution is 0.156. The Hall–Kier alpha value is -0.810. The third-order valence-corrected chi connectivity index (χ3v) is 5.29. The second kappa shape index (κ2) is 6.97. The summed E-state index contributed by atoms with van der Waals surface area (Å²) in [7, 11) is 1.90. The lowest BCUT2D eigenvalue weighted by Gasteiger charge is -2.28. The highest BCUT2D eigenvalue weighted by Crippen LogP contribution is 2.38. The average Bonchev–Trinajstić information content (AvgIpc) is 3.15. The van der Waals surface area contributed by atoms with E-state index in [0.717, 1.165) is 45.4 Å². The molecule has 3 aliphatic rings. The largest absolute Gasteiger partial charge is 0.381 e. The van der Waals surface area contributed by atoms with Crippen LogP contribution in [-0.4, -0.2) is 75.3 Å². The molecule has 1 atom stereocenters. The Balaban J connectivity index is 1.43. The van der Waals surface area contributed by atoms with Crippen molar-refractivity contribution < 1.29 is 4.74 Å². The Labute approximate surface area is 128 Å². The first-order valence-corrected chi connectivity index (χ1v) is 8.57. The first-order chi connectivity index (χ1) is 10.3. The zero-order valence-corrected chi connectivity index (χ0v) is 13.4. The Bertz CT molecular complexity index is 359. The molecule has 0 aromatic rings. The maximum absolute atomic E-state index is 5.61. The van der Waals surface area contributed by atoms with Gasteiger partial charge in [-0.1, -0.05) is 6.42 Å². The van der Waals surface area contributed by atoms with Crippen molar-refractivity contribution in [2.24, 2.45) is 10.4 Å². The maximum atomic E-state index is 5.61. The molecule has 1 spiro atoms. The molecule has 3 rings (SSSR count). The van der Waals surface area contributed by atoms with Gasteiger partial charge in [0.25, 0.3) is 0 Å². The average molecular weight is 294 g/mol. The van der Waals surface area contributed by atoms with Crippen LogP contribution in [0.4, 0.5) is 0 Å². The van der Waals surface area contributed by atoms with Crippen molar-refractivity contribution >= 4 is 5.96 Å². The molecule has 0 aliphatic carbocycles. The third-order valence-electron chi connectivity index (χ3n) is 5.29. The van der Waals surface area contributed by atoms with Crippen LogP contribution in [0.25, 0.3) is 0 Å². The van der Waals surface area contributed by atoms with Crippen molar-refractivity contribution in [2.75, 3.05) is 59.5 Å². The van der Waals surface area contributed by atoms with Gasteiger partial charge in [0.15, 0.2) is 5.96 Å². The Morgan fingerprint density at radius 2 is 2.05 bits per heavy atom. The van der Waals surface area contributed by atoms with E-state index in [0.29, 0.717) is 5.41 Å². The molecule has 3 heterocycles. The van der Waals surface area contributed by atoms with Crippen molar-refractivity contribution in [3.63, 3.8) is 0 Å². The van der Waals surface area contributed by atoms with Gasteiger partial charge in [-0.15, -0.1) is 0 Å². The van der Waals surface area contributed by atoms with Crippen LogP contribution in [0.5, 0.6) is 0 Å². The molecule has 3 saturated heterocycles. The van der Waals surface area contributed by atoms with E-state index < -0.39 is 0 Å². The molecule has 0 bridgehead atoms. The van der Waals surface area contributed by atoms with E-state index in [1.54, 1.807) is 0 Å². The molecule has 5 heteroatoms.